The second-order valence-corrected chi connectivity index (χ2v) is 12.3. The summed E-state index contributed by atoms with van der Waals surface area (Å²) in [5, 5.41) is 3.14. The summed E-state index contributed by atoms with van der Waals surface area (Å²) in [4.78, 5) is 15.4. The van der Waals surface area contributed by atoms with Crippen LogP contribution in [0.5, 0.6) is 0 Å². The monoisotopic (exact) mass is 607 g/mol. The van der Waals surface area contributed by atoms with Crippen LogP contribution in [0, 0.1) is 0 Å². The third-order valence-electron chi connectivity index (χ3n) is 8.35. The van der Waals surface area contributed by atoms with Gasteiger partial charge in [-0.25, -0.2) is 15.0 Å². The number of para-hydroxylation sites is 2. The fourth-order valence-corrected chi connectivity index (χ4v) is 7.17. The quantitative estimate of drug-likeness (QED) is 0.195. The molecule has 0 atom stereocenters. The van der Waals surface area contributed by atoms with Crippen molar-refractivity contribution in [2.75, 3.05) is 0 Å². The zero-order chi connectivity index (χ0) is 30.5. The maximum Gasteiger partial charge on any atom is 0.160 e. The Kier molecular flexibility index (Phi) is 6.28. The summed E-state index contributed by atoms with van der Waals surface area (Å²) in [6.07, 6.45) is 0. The van der Waals surface area contributed by atoms with Crippen LogP contribution in [0.3, 0.4) is 0 Å². The molecule has 0 saturated carbocycles. The van der Waals surface area contributed by atoms with Crippen molar-refractivity contribution in [2.45, 2.75) is 0 Å². The number of thiazole rings is 1. The van der Waals surface area contributed by atoms with E-state index in [9.17, 15) is 0 Å². The van der Waals surface area contributed by atoms with E-state index in [4.69, 9.17) is 19.4 Å². The van der Waals surface area contributed by atoms with Crippen molar-refractivity contribution in [1.29, 1.82) is 0 Å². The lowest BCUT2D eigenvalue weighted by atomic mass is 10.00. The Hall–Kier alpha value is -5.91. The van der Waals surface area contributed by atoms with Crippen molar-refractivity contribution >= 4 is 43.5 Å². The maximum atomic E-state index is 6.23. The molecule has 3 heterocycles. The van der Waals surface area contributed by atoms with Crippen molar-refractivity contribution in [3.8, 4) is 55.6 Å². The Morgan fingerprint density at radius 3 is 1.98 bits per heavy atom. The molecule has 0 spiro atoms. The van der Waals surface area contributed by atoms with E-state index in [2.05, 4.69) is 97.1 Å². The van der Waals surface area contributed by atoms with Crippen molar-refractivity contribution < 1.29 is 4.42 Å². The minimum absolute atomic E-state index is 0.665. The van der Waals surface area contributed by atoms with E-state index >= 15 is 0 Å². The Morgan fingerprint density at radius 1 is 0.457 bits per heavy atom. The Morgan fingerprint density at radius 2 is 1.11 bits per heavy atom. The number of nitrogens with zero attached hydrogens (tertiary/aromatic N) is 3. The minimum Gasteiger partial charge on any atom is -0.456 e. The summed E-state index contributed by atoms with van der Waals surface area (Å²) in [5.41, 5.74) is 10.7. The highest BCUT2D eigenvalue weighted by Crippen LogP contribution is 2.39. The molecule has 9 rings (SSSR count). The van der Waals surface area contributed by atoms with E-state index in [1.165, 1.54) is 0 Å². The van der Waals surface area contributed by atoms with Gasteiger partial charge in [-0.15, -0.1) is 11.3 Å². The first-order chi connectivity index (χ1) is 22.8. The number of aromatic nitrogens is 3. The Labute approximate surface area is 269 Å². The van der Waals surface area contributed by atoms with Crippen LogP contribution in [0.4, 0.5) is 0 Å². The van der Waals surface area contributed by atoms with Gasteiger partial charge in [0.1, 0.15) is 16.2 Å². The second kappa shape index (κ2) is 10.9. The highest BCUT2D eigenvalue weighted by molar-refractivity contribution is 7.21. The fraction of sp³-hybridized carbons (Fsp3) is 0. The lowest BCUT2D eigenvalue weighted by Crippen LogP contribution is -1.96. The minimum atomic E-state index is 0.665. The molecule has 0 fully saturated rings. The summed E-state index contributed by atoms with van der Waals surface area (Å²) in [6, 6.07) is 52.0. The summed E-state index contributed by atoms with van der Waals surface area (Å²) < 4.78 is 7.38. The van der Waals surface area contributed by atoms with Crippen LogP contribution in [-0.2, 0) is 0 Å². The highest BCUT2D eigenvalue weighted by Gasteiger charge is 2.17. The third kappa shape index (κ3) is 4.57. The van der Waals surface area contributed by atoms with Crippen LogP contribution >= 0.6 is 11.3 Å². The number of hydrogen-bond donors (Lipinski definition) is 0. The first-order valence-electron chi connectivity index (χ1n) is 15.2. The van der Waals surface area contributed by atoms with Gasteiger partial charge < -0.3 is 4.42 Å². The number of furan rings is 1. The molecule has 46 heavy (non-hydrogen) atoms. The predicted octanol–water partition coefficient (Wildman–Crippen LogP) is 11.3. The van der Waals surface area contributed by atoms with Crippen molar-refractivity contribution in [2.24, 2.45) is 0 Å². The van der Waals surface area contributed by atoms with Crippen molar-refractivity contribution in [3.05, 3.63) is 152 Å². The lowest BCUT2D eigenvalue weighted by molar-refractivity contribution is 0.669. The van der Waals surface area contributed by atoms with Gasteiger partial charge in [-0.05, 0) is 35.9 Å². The number of benzene rings is 6. The van der Waals surface area contributed by atoms with E-state index in [0.29, 0.717) is 5.82 Å². The molecule has 0 saturated heterocycles. The zero-order valence-electron chi connectivity index (χ0n) is 24.6. The number of rotatable bonds is 5. The molecule has 0 aliphatic heterocycles. The molecule has 0 bridgehead atoms. The van der Waals surface area contributed by atoms with E-state index in [1.807, 2.05) is 54.6 Å². The van der Waals surface area contributed by atoms with Crippen LogP contribution in [0.25, 0.3) is 87.8 Å². The van der Waals surface area contributed by atoms with Gasteiger partial charge in [-0.2, -0.15) is 0 Å². The molecule has 3 aromatic heterocycles. The van der Waals surface area contributed by atoms with Gasteiger partial charge in [0.15, 0.2) is 5.82 Å². The van der Waals surface area contributed by atoms with E-state index in [0.717, 1.165) is 81.9 Å². The van der Waals surface area contributed by atoms with Crippen LogP contribution in [0.15, 0.2) is 156 Å². The van der Waals surface area contributed by atoms with Crippen LogP contribution in [0.1, 0.15) is 0 Å². The van der Waals surface area contributed by atoms with Gasteiger partial charge in [-0.1, -0.05) is 121 Å². The maximum absolute atomic E-state index is 6.23. The Balaban J connectivity index is 1.22. The number of fused-ring (bicyclic) bond motifs is 4. The molecule has 216 valence electrons. The van der Waals surface area contributed by atoms with E-state index in [-0.39, 0.29) is 0 Å². The molecular weight excluding hydrogens is 583 g/mol. The molecule has 4 nitrogen and oxygen atoms in total. The molecule has 0 aliphatic rings. The molecule has 0 radical (unpaired) electrons. The van der Waals surface area contributed by atoms with Crippen molar-refractivity contribution in [1.82, 2.24) is 15.0 Å². The largest absolute Gasteiger partial charge is 0.456 e. The topological polar surface area (TPSA) is 51.8 Å². The normalized spacial score (nSPS) is 11.5. The molecule has 0 N–H and O–H groups in total. The molecule has 6 aromatic carbocycles. The Bertz CT molecular complexity index is 2530. The SMILES string of the molecule is c1ccc(-c2cc(-c3cccc4oc5ccccc5c34)nc(-c3cccc(-c4cccc5sc(-c6ccccc6)nc45)c3)n2)cc1. The molecule has 0 amide bonds. The van der Waals surface area contributed by atoms with Gasteiger partial charge in [-0.3, -0.25) is 0 Å². The first-order valence-corrected chi connectivity index (χ1v) is 16.0. The number of hydrogen-bond acceptors (Lipinski definition) is 5. The van der Waals surface area contributed by atoms with Gasteiger partial charge in [0.05, 0.1) is 21.6 Å². The summed E-state index contributed by atoms with van der Waals surface area (Å²) in [5.74, 6) is 0.665. The van der Waals surface area contributed by atoms with Crippen LogP contribution in [0.2, 0.25) is 0 Å². The highest BCUT2D eigenvalue weighted by atomic mass is 32.1. The third-order valence-corrected chi connectivity index (χ3v) is 9.42. The standard InChI is InChI=1S/C41H25N3OS/c1-3-12-26(13-4-1)33-25-34(31-20-10-22-36-38(31)32-18-7-8-21-35(32)45-36)43-40(42-33)29-17-9-16-28(24-29)30-19-11-23-37-39(30)44-41(46-37)27-14-5-2-6-15-27/h1-25H. The van der Waals surface area contributed by atoms with Gasteiger partial charge in [0.2, 0.25) is 0 Å². The first kappa shape index (κ1) is 26.5. The van der Waals surface area contributed by atoms with E-state index < -0.39 is 0 Å². The molecule has 0 unspecified atom stereocenters. The fourth-order valence-electron chi connectivity index (χ4n) is 6.17. The average molecular weight is 608 g/mol. The molecule has 9 aromatic rings. The van der Waals surface area contributed by atoms with Gasteiger partial charge in [0.25, 0.3) is 0 Å². The molecule has 0 aliphatic carbocycles. The molecule has 5 heteroatoms. The zero-order valence-corrected chi connectivity index (χ0v) is 25.4. The molecular formula is C41H25N3OS. The predicted molar refractivity (Wildman–Crippen MR) is 190 cm³/mol. The van der Waals surface area contributed by atoms with Crippen molar-refractivity contribution in [3.63, 3.8) is 0 Å². The summed E-state index contributed by atoms with van der Waals surface area (Å²) in [7, 11) is 0. The second-order valence-electron chi connectivity index (χ2n) is 11.2. The van der Waals surface area contributed by atoms with E-state index in [1.54, 1.807) is 11.3 Å². The summed E-state index contributed by atoms with van der Waals surface area (Å²) >= 11 is 1.72. The smallest absolute Gasteiger partial charge is 0.160 e. The van der Waals surface area contributed by atoms with Gasteiger partial charge in [0, 0.05) is 38.6 Å². The lowest BCUT2D eigenvalue weighted by Gasteiger charge is -2.11. The van der Waals surface area contributed by atoms with Crippen LogP contribution < -0.4 is 0 Å². The van der Waals surface area contributed by atoms with Gasteiger partial charge >= 0.3 is 0 Å². The summed E-state index contributed by atoms with van der Waals surface area (Å²) in [6.45, 7) is 0. The average Bonchev–Trinajstić information content (AvgIpc) is 3.74. The van der Waals surface area contributed by atoms with Crippen LogP contribution in [-0.4, -0.2) is 15.0 Å².